The van der Waals surface area contributed by atoms with Crippen molar-refractivity contribution in [3.63, 3.8) is 0 Å². The normalized spacial score (nSPS) is 31.8. The molecule has 70 valence electrons. The van der Waals surface area contributed by atoms with Crippen LogP contribution in [0.15, 0.2) is 0 Å². The fourth-order valence-electron chi connectivity index (χ4n) is 1.50. The van der Waals surface area contributed by atoms with E-state index >= 15 is 0 Å². The lowest BCUT2D eigenvalue weighted by Gasteiger charge is -2.31. The van der Waals surface area contributed by atoms with Crippen molar-refractivity contribution in [2.24, 2.45) is 0 Å². The van der Waals surface area contributed by atoms with Crippen molar-refractivity contribution in [1.29, 1.82) is 0 Å². The van der Waals surface area contributed by atoms with E-state index in [-0.39, 0.29) is 5.25 Å². The highest BCUT2D eigenvalue weighted by atomic mass is 32.2. The van der Waals surface area contributed by atoms with E-state index in [2.05, 4.69) is 0 Å². The van der Waals surface area contributed by atoms with Crippen molar-refractivity contribution < 1.29 is 13.2 Å². The average molecular weight is 191 g/mol. The summed E-state index contributed by atoms with van der Waals surface area (Å²) in [6.07, 6.45) is 1.67. The standard InChI is InChI=1S/C7H13NO3S/c9-12(10,8-3-1-4-8)7-2-5-11-6-7/h7H,1-6H2. The highest BCUT2D eigenvalue weighted by molar-refractivity contribution is 7.89. The Morgan fingerprint density at radius 1 is 1.33 bits per heavy atom. The molecular formula is C7H13NO3S. The van der Waals surface area contributed by atoms with Crippen LogP contribution < -0.4 is 0 Å². The summed E-state index contributed by atoms with van der Waals surface area (Å²) in [5.41, 5.74) is 0. The zero-order valence-corrected chi connectivity index (χ0v) is 7.72. The van der Waals surface area contributed by atoms with E-state index in [1.807, 2.05) is 0 Å². The molecule has 0 radical (unpaired) electrons. The molecule has 0 aromatic rings. The first-order valence-electron chi connectivity index (χ1n) is 4.28. The monoisotopic (exact) mass is 191 g/mol. The molecule has 12 heavy (non-hydrogen) atoms. The summed E-state index contributed by atoms with van der Waals surface area (Å²) in [6.45, 7) is 2.40. The third kappa shape index (κ3) is 1.26. The van der Waals surface area contributed by atoms with Crippen LogP contribution >= 0.6 is 0 Å². The summed E-state index contributed by atoms with van der Waals surface area (Å²) in [5.74, 6) is 0. The molecule has 2 aliphatic heterocycles. The minimum Gasteiger partial charge on any atom is -0.380 e. The molecule has 0 aromatic carbocycles. The molecule has 2 fully saturated rings. The molecule has 0 aliphatic carbocycles. The molecule has 0 amide bonds. The molecule has 0 saturated carbocycles. The van der Waals surface area contributed by atoms with Crippen LogP contribution in [0.4, 0.5) is 0 Å². The van der Waals surface area contributed by atoms with Gasteiger partial charge in [-0.15, -0.1) is 0 Å². The van der Waals surface area contributed by atoms with Gasteiger partial charge in [0.2, 0.25) is 10.0 Å². The second-order valence-electron chi connectivity index (χ2n) is 3.28. The predicted molar refractivity (Wildman–Crippen MR) is 44.3 cm³/mol. The molecule has 0 bridgehead atoms. The van der Waals surface area contributed by atoms with Gasteiger partial charge >= 0.3 is 0 Å². The fourth-order valence-corrected chi connectivity index (χ4v) is 3.35. The van der Waals surface area contributed by atoms with Crippen molar-refractivity contribution in [3.05, 3.63) is 0 Å². The fraction of sp³-hybridized carbons (Fsp3) is 1.00. The second-order valence-corrected chi connectivity index (χ2v) is 5.50. The second kappa shape index (κ2) is 2.97. The number of rotatable bonds is 2. The van der Waals surface area contributed by atoms with Gasteiger partial charge in [-0.1, -0.05) is 0 Å². The van der Waals surface area contributed by atoms with Crippen LogP contribution in [-0.4, -0.2) is 44.3 Å². The minimum absolute atomic E-state index is 0.266. The Hall–Kier alpha value is -0.130. The molecule has 2 aliphatic rings. The molecule has 2 heterocycles. The number of ether oxygens (including phenoxy) is 1. The topological polar surface area (TPSA) is 46.6 Å². The Morgan fingerprint density at radius 2 is 2.08 bits per heavy atom. The molecule has 0 aromatic heterocycles. The maximum atomic E-state index is 11.7. The largest absolute Gasteiger partial charge is 0.380 e. The first-order valence-corrected chi connectivity index (χ1v) is 5.78. The maximum Gasteiger partial charge on any atom is 0.219 e. The van der Waals surface area contributed by atoms with Gasteiger partial charge in [-0.25, -0.2) is 12.7 Å². The van der Waals surface area contributed by atoms with Crippen molar-refractivity contribution >= 4 is 10.0 Å². The lowest BCUT2D eigenvalue weighted by molar-refractivity contribution is 0.197. The zero-order valence-electron chi connectivity index (χ0n) is 6.90. The van der Waals surface area contributed by atoms with Crippen LogP contribution in [-0.2, 0) is 14.8 Å². The van der Waals surface area contributed by atoms with Gasteiger partial charge in [0.05, 0.1) is 6.61 Å². The van der Waals surface area contributed by atoms with Crippen LogP contribution in [0.3, 0.4) is 0 Å². The van der Waals surface area contributed by atoms with Crippen LogP contribution in [0.25, 0.3) is 0 Å². The summed E-state index contributed by atoms with van der Waals surface area (Å²) in [5, 5.41) is -0.266. The van der Waals surface area contributed by atoms with Crippen LogP contribution in [0, 0.1) is 0 Å². The Labute approximate surface area is 72.6 Å². The van der Waals surface area contributed by atoms with E-state index in [0.29, 0.717) is 32.7 Å². The summed E-state index contributed by atoms with van der Waals surface area (Å²) < 4.78 is 29.9. The van der Waals surface area contributed by atoms with Crippen molar-refractivity contribution in [3.8, 4) is 0 Å². The van der Waals surface area contributed by atoms with Gasteiger partial charge in [0.15, 0.2) is 0 Å². The molecule has 1 atom stereocenters. The number of nitrogens with zero attached hydrogens (tertiary/aromatic N) is 1. The third-order valence-electron chi connectivity index (χ3n) is 2.48. The van der Waals surface area contributed by atoms with Gasteiger partial charge in [0.1, 0.15) is 5.25 Å². The first-order chi connectivity index (χ1) is 5.71. The predicted octanol–water partition coefficient (Wildman–Crippen LogP) is -0.189. The zero-order chi connectivity index (χ0) is 8.60. The van der Waals surface area contributed by atoms with Crippen molar-refractivity contribution in [2.75, 3.05) is 26.3 Å². The highest BCUT2D eigenvalue weighted by Gasteiger charge is 2.37. The number of hydrogen-bond donors (Lipinski definition) is 0. The van der Waals surface area contributed by atoms with Gasteiger partial charge in [-0.3, -0.25) is 0 Å². The Bertz CT molecular complexity index is 252. The van der Waals surface area contributed by atoms with Gasteiger partial charge in [-0.05, 0) is 12.8 Å². The Morgan fingerprint density at radius 3 is 2.50 bits per heavy atom. The third-order valence-corrected chi connectivity index (χ3v) is 4.78. The van der Waals surface area contributed by atoms with Gasteiger partial charge in [0, 0.05) is 19.7 Å². The van der Waals surface area contributed by atoms with Gasteiger partial charge < -0.3 is 4.74 Å². The molecule has 0 spiro atoms. The molecular weight excluding hydrogens is 178 g/mol. The molecule has 0 N–H and O–H groups in total. The summed E-state index contributed by atoms with van der Waals surface area (Å²) >= 11 is 0. The average Bonchev–Trinajstić information content (AvgIpc) is 2.30. The smallest absolute Gasteiger partial charge is 0.219 e. The van der Waals surface area contributed by atoms with Crippen molar-refractivity contribution in [1.82, 2.24) is 4.31 Å². The lowest BCUT2D eigenvalue weighted by Crippen LogP contribution is -2.46. The molecule has 2 saturated heterocycles. The quantitative estimate of drug-likeness (QED) is 0.608. The Balaban J connectivity index is 2.08. The van der Waals surface area contributed by atoms with E-state index in [0.717, 1.165) is 6.42 Å². The van der Waals surface area contributed by atoms with E-state index in [1.165, 1.54) is 0 Å². The van der Waals surface area contributed by atoms with Crippen molar-refractivity contribution in [2.45, 2.75) is 18.1 Å². The number of hydrogen-bond acceptors (Lipinski definition) is 3. The Kier molecular flexibility index (Phi) is 2.10. The molecule has 1 unspecified atom stereocenters. The summed E-state index contributed by atoms with van der Waals surface area (Å²) in [7, 11) is -2.99. The van der Waals surface area contributed by atoms with E-state index < -0.39 is 10.0 Å². The van der Waals surface area contributed by atoms with E-state index in [9.17, 15) is 8.42 Å². The lowest BCUT2D eigenvalue weighted by atomic mass is 10.3. The van der Waals surface area contributed by atoms with Crippen LogP contribution in [0.5, 0.6) is 0 Å². The van der Waals surface area contributed by atoms with Crippen LogP contribution in [0.1, 0.15) is 12.8 Å². The highest BCUT2D eigenvalue weighted by Crippen LogP contribution is 2.22. The SMILES string of the molecule is O=S(=O)(C1CCOC1)N1CCC1. The number of sulfonamides is 1. The van der Waals surface area contributed by atoms with Crippen LogP contribution in [0.2, 0.25) is 0 Å². The summed E-state index contributed by atoms with van der Waals surface area (Å²) in [4.78, 5) is 0. The molecule has 4 nitrogen and oxygen atoms in total. The van der Waals surface area contributed by atoms with Gasteiger partial charge in [-0.2, -0.15) is 0 Å². The molecule has 5 heteroatoms. The summed E-state index contributed by atoms with van der Waals surface area (Å²) in [6, 6.07) is 0. The first kappa shape index (κ1) is 8.47. The minimum atomic E-state index is -2.99. The maximum absolute atomic E-state index is 11.7. The molecule has 2 rings (SSSR count). The van der Waals surface area contributed by atoms with E-state index in [4.69, 9.17) is 4.74 Å². The van der Waals surface area contributed by atoms with E-state index in [1.54, 1.807) is 4.31 Å². The van der Waals surface area contributed by atoms with Gasteiger partial charge in [0.25, 0.3) is 0 Å².